The summed E-state index contributed by atoms with van der Waals surface area (Å²) in [6.07, 6.45) is 0. The van der Waals surface area contributed by atoms with Gasteiger partial charge < -0.3 is 10.6 Å². The standard InChI is InChI=1S/C12H17N3/c1-10(7-13)8-15(2)9-11-3-5-12(14)6-4-11/h3-6,10H,8-9,14H2,1-2H3. The zero-order chi connectivity index (χ0) is 11.3. The molecule has 0 bridgehead atoms. The summed E-state index contributed by atoms with van der Waals surface area (Å²) < 4.78 is 0. The van der Waals surface area contributed by atoms with Crippen LogP contribution in [-0.4, -0.2) is 18.5 Å². The van der Waals surface area contributed by atoms with Crippen molar-refractivity contribution in [2.75, 3.05) is 19.3 Å². The number of benzene rings is 1. The smallest absolute Gasteiger partial charge is 0.0666 e. The van der Waals surface area contributed by atoms with Gasteiger partial charge in [-0.15, -0.1) is 0 Å². The molecule has 1 unspecified atom stereocenters. The first-order valence-corrected chi connectivity index (χ1v) is 5.04. The maximum absolute atomic E-state index is 8.69. The number of anilines is 1. The molecule has 1 rings (SSSR count). The van der Waals surface area contributed by atoms with E-state index < -0.39 is 0 Å². The van der Waals surface area contributed by atoms with Crippen molar-refractivity contribution in [1.82, 2.24) is 4.90 Å². The van der Waals surface area contributed by atoms with Crippen LogP contribution in [0.2, 0.25) is 0 Å². The highest BCUT2D eigenvalue weighted by Crippen LogP contribution is 2.08. The van der Waals surface area contributed by atoms with Gasteiger partial charge in [-0.05, 0) is 31.7 Å². The predicted molar refractivity (Wildman–Crippen MR) is 62.0 cm³/mol. The lowest BCUT2D eigenvalue weighted by atomic mass is 10.1. The lowest BCUT2D eigenvalue weighted by Crippen LogP contribution is -2.23. The third-order valence-electron chi connectivity index (χ3n) is 2.24. The van der Waals surface area contributed by atoms with Crippen molar-refractivity contribution in [2.24, 2.45) is 5.92 Å². The summed E-state index contributed by atoms with van der Waals surface area (Å²) in [6.45, 7) is 3.58. The van der Waals surface area contributed by atoms with Gasteiger partial charge in [0.05, 0.1) is 12.0 Å². The lowest BCUT2D eigenvalue weighted by molar-refractivity contribution is 0.303. The van der Waals surface area contributed by atoms with Crippen molar-refractivity contribution in [1.29, 1.82) is 5.26 Å². The van der Waals surface area contributed by atoms with Crippen LogP contribution in [0.5, 0.6) is 0 Å². The van der Waals surface area contributed by atoms with E-state index in [0.29, 0.717) is 0 Å². The normalized spacial score (nSPS) is 12.4. The topological polar surface area (TPSA) is 53.0 Å². The van der Waals surface area contributed by atoms with Gasteiger partial charge in [0.25, 0.3) is 0 Å². The van der Waals surface area contributed by atoms with Crippen LogP contribution in [0.4, 0.5) is 5.69 Å². The Morgan fingerprint density at radius 3 is 2.53 bits per heavy atom. The van der Waals surface area contributed by atoms with Gasteiger partial charge in [0.2, 0.25) is 0 Å². The van der Waals surface area contributed by atoms with Gasteiger partial charge in [-0.3, -0.25) is 0 Å². The molecule has 80 valence electrons. The molecule has 0 fully saturated rings. The van der Waals surface area contributed by atoms with Crippen molar-refractivity contribution in [3.8, 4) is 6.07 Å². The average molecular weight is 203 g/mol. The van der Waals surface area contributed by atoms with Crippen molar-refractivity contribution in [3.63, 3.8) is 0 Å². The second kappa shape index (κ2) is 5.38. The molecule has 0 aliphatic rings. The van der Waals surface area contributed by atoms with Crippen LogP contribution < -0.4 is 5.73 Å². The molecule has 15 heavy (non-hydrogen) atoms. The molecule has 0 radical (unpaired) electrons. The minimum Gasteiger partial charge on any atom is -0.399 e. The Kier molecular flexibility index (Phi) is 4.14. The van der Waals surface area contributed by atoms with Crippen LogP contribution in [0.1, 0.15) is 12.5 Å². The minimum atomic E-state index is 0.0729. The molecule has 0 saturated heterocycles. The van der Waals surface area contributed by atoms with Crippen molar-refractivity contribution < 1.29 is 0 Å². The third-order valence-corrected chi connectivity index (χ3v) is 2.24. The summed E-state index contributed by atoms with van der Waals surface area (Å²) >= 11 is 0. The van der Waals surface area contributed by atoms with Gasteiger partial charge >= 0.3 is 0 Å². The van der Waals surface area contributed by atoms with Gasteiger partial charge in [-0.1, -0.05) is 12.1 Å². The Balaban J connectivity index is 2.48. The van der Waals surface area contributed by atoms with Crippen LogP contribution in [-0.2, 0) is 6.54 Å². The number of hydrogen-bond donors (Lipinski definition) is 1. The van der Waals surface area contributed by atoms with E-state index in [1.54, 1.807) is 0 Å². The van der Waals surface area contributed by atoms with Crippen LogP contribution in [0.25, 0.3) is 0 Å². The summed E-state index contributed by atoms with van der Waals surface area (Å²) in [5.41, 5.74) is 7.61. The van der Waals surface area contributed by atoms with E-state index >= 15 is 0 Å². The number of nitriles is 1. The van der Waals surface area contributed by atoms with E-state index in [0.717, 1.165) is 18.8 Å². The van der Waals surface area contributed by atoms with E-state index in [4.69, 9.17) is 11.0 Å². The van der Waals surface area contributed by atoms with E-state index in [1.807, 2.05) is 38.2 Å². The summed E-state index contributed by atoms with van der Waals surface area (Å²) in [5.74, 6) is 0.0729. The van der Waals surface area contributed by atoms with Crippen LogP contribution in [0.3, 0.4) is 0 Å². The molecule has 3 heteroatoms. The van der Waals surface area contributed by atoms with Crippen LogP contribution in [0, 0.1) is 17.2 Å². The molecule has 0 heterocycles. The molecule has 0 saturated carbocycles. The fourth-order valence-electron chi connectivity index (χ4n) is 1.51. The molecule has 1 aromatic rings. The van der Waals surface area contributed by atoms with E-state index in [1.165, 1.54) is 5.56 Å². The monoisotopic (exact) mass is 203 g/mol. The largest absolute Gasteiger partial charge is 0.399 e. The number of rotatable bonds is 4. The number of nitrogen functional groups attached to an aromatic ring is 1. The molecule has 3 nitrogen and oxygen atoms in total. The SMILES string of the molecule is CC(C#N)CN(C)Cc1ccc(N)cc1. The first-order valence-electron chi connectivity index (χ1n) is 5.04. The number of hydrogen-bond acceptors (Lipinski definition) is 3. The first-order chi connectivity index (χ1) is 7.11. The zero-order valence-corrected chi connectivity index (χ0v) is 9.27. The predicted octanol–water partition coefficient (Wildman–Crippen LogP) is 1.86. The molecule has 1 atom stereocenters. The first kappa shape index (κ1) is 11.5. The second-order valence-corrected chi connectivity index (χ2v) is 3.97. The van der Waals surface area contributed by atoms with Crippen LogP contribution >= 0.6 is 0 Å². The average Bonchev–Trinajstić information content (AvgIpc) is 2.21. The fourth-order valence-corrected chi connectivity index (χ4v) is 1.51. The quantitative estimate of drug-likeness (QED) is 0.760. The molecular weight excluding hydrogens is 186 g/mol. The zero-order valence-electron chi connectivity index (χ0n) is 9.27. The highest BCUT2D eigenvalue weighted by molar-refractivity contribution is 5.39. The summed E-state index contributed by atoms with van der Waals surface area (Å²) in [4.78, 5) is 2.14. The summed E-state index contributed by atoms with van der Waals surface area (Å²) in [5, 5.41) is 8.69. The maximum atomic E-state index is 8.69. The molecule has 0 amide bonds. The molecule has 0 aliphatic heterocycles. The molecule has 0 aliphatic carbocycles. The maximum Gasteiger partial charge on any atom is 0.0666 e. The van der Waals surface area contributed by atoms with Crippen LogP contribution in [0.15, 0.2) is 24.3 Å². The summed E-state index contributed by atoms with van der Waals surface area (Å²) in [6, 6.07) is 10.1. The van der Waals surface area contributed by atoms with Gasteiger partial charge in [-0.2, -0.15) is 5.26 Å². The Labute approximate surface area is 91.1 Å². The second-order valence-electron chi connectivity index (χ2n) is 3.97. The third kappa shape index (κ3) is 4.01. The highest BCUT2D eigenvalue weighted by Gasteiger charge is 2.05. The molecular formula is C12H17N3. The fraction of sp³-hybridized carbons (Fsp3) is 0.417. The minimum absolute atomic E-state index is 0.0729. The Morgan fingerprint density at radius 1 is 1.40 bits per heavy atom. The molecule has 1 aromatic carbocycles. The van der Waals surface area contributed by atoms with Gasteiger partial charge in [0, 0.05) is 18.8 Å². The highest BCUT2D eigenvalue weighted by atomic mass is 15.1. The molecule has 0 spiro atoms. The van der Waals surface area contributed by atoms with Crippen molar-refractivity contribution >= 4 is 5.69 Å². The molecule has 2 N–H and O–H groups in total. The van der Waals surface area contributed by atoms with Gasteiger partial charge in [0.15, 0.2) is 0 Å². The van der Waals surface area contributed by atoms with Crippen molar-refractivity contribution in [2.45, 2.75) is 13.5 Å². The summed E-state index contributed by atoms with van der Waals surface area (Å²) in [7, 11) is 2.02. The lowest BCUT2D eigenvalue weighted by Gasteiger charge is -2.17. The van der Waals surface area contributed by atoms with E-state index in [2.05, 4.69) is 11.0 Å². The van der Waals surface area contributed by atoms with E-state index in [-0.39, 0.29) is 5.92 Å². The van der Waals surface area contributed by atoms with E-state index in [9.17, 15) is 0 Å². The number of nitrogens with two attached hydrogens (primary N) is 1. The Morgan fingerprint density at radius 2 is 2.00 bits per heavy atom. The van der Waals surface area contributed by atoms with Gasteiger partial charge in [0.1, 0.15) is 0 Å². The van der Waals surface area contributed by atoms with Crippen molar-refractivity contribution in [3.05, 3.63) is 29.8 Å². The molecule has 0 aromatic heterocycles. The Bertz CT molecular complexity index is 337. The Hall–Kier alpha value is -1.53. The number of nitrogens with zero attached hydrogens (tertiary/aromatic N) is 2. The van der Waals surface area contributed by atoms with Gasteiger partial charge in [-0.25, -0.2) is 0 Å².